The second kappa shape index (κ2) is 5.97. The summed E-state index contributed by atoms with van der Waals surface area (Å²) in [5, 5.41) is 0. The van der Waals surface area contributed by atoms with E-state index >= 15 is 0 Å². The molecule has 0 aromatic carbocycles. The SMILES string of the molecule is CCC(C(C)(C)C)C(C)(CC)C(CC)C(C)(C)C. The fraction of sp³-hybridized carbons (Fsp3) is 1.00. The molecule has 0 rings (SSSR count). The second-order valence-corrected chi connectivity index (χ2v) is 8.51. The van der Waals surface area contributed by atoms with Crippen molar-refractivity contribution in [3.8, 4) is 0 Å². The first-order valence-corrected chi connectivity index (χ1v) is 7.95. The van der Waals surface area contributed by atoms with Gasteiger partial charge < -0.3 is 0 Å². The van der Waals surface area contributed by atoms with E-state index in [1.807, 2.05) is 0 Å². The molecule has 2 unspecified atom stereocenters. The molecule has 0 aliphatic heterocycles. The van der Waals surface area contributed by atoms with Gasteiger partial charge in [-0.3, -0.25) is 0 Å². The van der Waals surface area contributed by atoms with Crippen LogP contribution in [0.4, 0.5) is 0 Å². The van der Waals surface area contributed by atoms with E-state index in [1.54, 1.807) is 0 Å². The summed E-state index contributed by atoms with van der Waals surface area (Å²) in [6.45, 7) is 24.2. The lowest BCUT2D eigenvalue weighted by atomic mass is 9.52. The fourth-order valence-corrected chi connectivity index (χ4v) is 4.87. The molecular weight excluding hydrogens is 216 g/mol. The third-order valence-electron chi connectivity index (χ3n) is 5.26. The molecule has 0 fully saturated rings. The van der Waals surface area contributed by atoms with Crippen LogP contribution in [-0.4, -0.2) is 0 Å². The molecule has 0 bridgehead atoms. The van der Waals surface area contributed by atoms with Gasteiger partial charge in [-0.2, -0.15) is 0 Å². The Bertz CT molecular complexity index is 214. The van der Waals surface area contributed by atoms with Gasteiger partial charge in [0.15, 0.2) is 0 Å². The molecule has 0 saturated heterocycles. The molecule has 18 heavy (non-hydrogen) atoms. The van der Waals surface area contributed by atoms with Crippen LogP contribution >= 0.6 is 0 Å². The van der Waals surface area contributed by atoms with Gasteiger partial charge in [0, 0.05) is 0 Å². The zero-order valence-corrected chi connectivity index (χ0v) is 14.8. The van der Waals surface area contributed by atoms with Crippen molar-refractivity contribution in [2.45, 2.75) is 88.5 Å². The molecule has 0 aliphatic rings. The van der Waals surface area contributed by atoms with Gasteiger partial charge in [-0.05, 0) is 28.1 Å². The molecule has 2 atom stereocenters. The summed E-state index contributed by atoms with van der Waals surface area (Å²) in [6.07, 6.45) is 3.87. The minimum absolute atomic E-state index is 0.401. The smallest absolute Gasteiger partial charge is 0.0262 e. The Morgan fingerprint density at radius 2 is 0.889 bits per heavy atom. The molecule has 0 spiro atoms. The summed E-state index contributed by atoms with van der Waals surface area (Å²) >= 11 is 0. The third kappa shape index (κ3) is 3.75. The highest BCUT2D eigenvalue weighted by molar-refractivity contribution is 4.96. The molecule has 0 amide bonds. The minimum atomic E-state index is 0.401. The van der Waals surface area contributed by atoms with Gasteiger partial charge in [-0.1, -0.05) is 88.5 Å². The van der Waals surface area contributed by atoms with Crippen LogP contribution in [0.2, 0.25) is 0 Å². The van der Waals surface area contributed by atoms with Crippen molar-refractivity contribution >= 4 is 0 Å². The van der Waals surface area contributed by atoms with Gasteiger partial charge in [0.05, 0.1) is 0 Å². The van der Waals surface area contributed by atoms with E-state index in [4.69, 9.17) is 0 Å². The zero-order chi connectivity index (χ0) is 14.8. The van der Waals surface area contributed by atoms with Crippen LogP contribution in [0.15, 0.2) is 0 Å². The summed E-state index contributed by atoms with van der Waals surface area (Å²) in [5.74, 6) is 1.58. The minimum Gasteiger partial charge on any atom is -0.0651 e. The number of hydrogen-bond donors (Lipinski definition) is 0. The molecule has 0 nitrogen and oxygen atoms in total. The Balaban J connectivity index is 5.57. The first kappa shape index (κ1) is 18.0. The summed E-state index contributed by atoms with van der Waals surface area (Å²) in [4.78, 5) is 0. The van der Waals surface area contributed by atoms with Crippen molar-refractivity contribution in [1.29, 1.82) is 0 Å². The Morgan fingerprint density at radius 3 is 1.00 bits per heavy atom. The predicted octanol–water partition coefficient (Wildman–Crippen LogP) is 6.55. The number of hydrogen-bond acceptors (Lipinski definition) is 0. The van der Waals surface area contributed by atoms with Crippen molar-refractivity contribution in [2.75, 3.05) is 0 Å². The fourth-order valence-electron chi connectivity index (χ4n) is 4.87. The van der Waals surface area contributed by atoms with Crippen molar-refractivity contribution in [3.63, 3.8) is 0 Å². The summed E-state index contributed by atoms with van der Waals surface area (Å²) in [7, 11) is 0. The normalized spacial score (nSPS) is 20.3. The monoisotopic (exact) mass is 254 g/mol. The summed E-state index contributed by atoms with van der Waals surface area (Å²) in [5.41, 5.74) is 1.25. The molecule has 0 heteroatoms. The molecular formula is C18H38. The lowest BCUT2D eigenvalue weighted by molar-refractivity contribution is -0.0395. The van der Waals surface area contributed by atoms with Gasteiger partial charge in [-0.25, -0.2) is 0 Å². The second-order valence-electron chi connectivity index (χ2n) is 8.51. The van der Waals surface area contributed by atoms with Crippen molar-refractivity contribution in [2.24, 2.45) is 28.1 Å². The maximum Gasteiger partial charge on any atom is -0.0262 e. The average molecular weight is 255 g/mol. The van der Waals surface area contributed by atoms with Gasteiger partial charge in [0.2, 0.25) is 0 Å². The molecule has 0 N–H and O–H groups in total. The van der Waals surface area contributed by atoms with E-state index < -0.39 is 0 Å². The Morgan fingerprint density at radius 1 is 0.611 bits per heavy atom. The summed E-state index contributed by atoms with van der Waals surface area (Å²) in [6, 6.07) is 0. The highest BCUT2D eigenvalue weighted by atomic mass is 14.5. The van der Waals surface area contributed by atoms with Crippen LogP contribution in [0.3, 0.4) is 0 Å². The highest BCUT2D eigenvalue weighted by Crippen LogP contribution is 2.54. The van der Waals surface area contributed by atoms with Crippen molar-refractivity contribution in [1.82, 2.24) is 0 Å². The largest absolute Gasteiger partial charge is 0.0651 e. The Kier molecular flexibility index (Phi) is 5.97. The molecule has 0 aliphatic carbocycles. The third-order valence-corrected chi connectivity index (χ3v) is 5.26. The van der Waals surface area contributed by atoms with E-state index in [1.165, 1.54) is 19.3 Å². The van der Waals surface area contributed by atoms with E-state index in [-0.39, 0.29) is 0 Å². The van der Waals surface area contributed by atoms with Crippen LogP contribution in [0, 0.1) is 28.1 Å². The van der Waals surface area contributed by atoms with Gasteiger partial charge in [0.1, 0.15) is 0 Å². The number of rotatable bonds is 5. The first-order chi connectivity index (χ1) is 7.95. The lowest BCUT2D eigenvalue weighted by Crippen LogP contribution is -2.45. The molecule has 110 valence electrons. The van der Waals surface area contributed by atoms with Gasteiger partial charge in [-0.15, -0.1) is 0 Å². The van der Waals surface area contributed by atoms with E-state index in [9.17, 15) is 0 Å². The zero-order valence-electron chi connectivity index (χ0n) is 14.8. The maximum absolute atomic E-state index is 2.55. The Hall–Kier alpha value is 0. The quantitative estimate of drug-likeness (QED) is 0.522. The van der Waals surface area contributed by atoms with Crippen LogP contribution in [-0.2, 0) is 0 Å². The first-order valence-electron chi connectivity index (χ1n) is 7.95. The van der Waals surface area contributed by atoms with Crippen LogP contribution < -0.4 is 0 Å². The van der Waals surface area contributed by atoms with Crippen LogP contribution in [0.1, 0.15) is 88.5 Å². The standard InChI is InChI=1S/C18H38/c1-11-14(16(4,5)6)18(10,13-3)15(12-2)17(7,8)9/h14-15H,11-13H2,1-10H3. The topological polar surface area (TPSA) is 0 Å². The molecule has 0 radical (unpaired) electrons. The molecule has 0 heterocycles. The van der Waals surface area contributed by atoms with Crippen LogP contribution in [0.25, 0.3) is 0 Å². The van der Waals surface area contributed by atoms with E-state index in [2.05, 4.69) is 69.2 Å². The molecule has 0 aromatic heterocycles. The lowest BCUT2D eigenvalue weighted by Gasteiger charge is -2.53. The van der Waals surface area contributed by atoms with Crippen LogP contribution in [0.5, 0.6) is 0 Å². The Labute approximate surface area is 117 Å². The summed E-state index contributed by atoms with van der Waals surface area (Å²) < 4.78 is 0. The predicted molar refractivity (Wildman–Crippen MR) is 84.9 cm³/mol. The molecule has 0 saturated carbocycles. The van der Waals surface area contributed by atoms with Gasteiger partial charge in [0.25, 0.3) is 0 Å². The van der Waals surface area contributed by atoms with E-state index in [0.717, 1.165) is 11.8 Å². The van der Waals surface area contributed by atoms with Crippen molar-refractivity contribution < 1.29 is 0 Å². The van der Waals surface area contributed by atoms with Crippen molar-refractivity contribution in [3.05, 3.63) is 0 Å². The maximum atomic E-state index is 2.55. The average Bonchev–Trinajstić information content (AvgIpc) is 2.14. The van der Waals surface area contributed by atoms with Gasteiger partial charge >= 0.3 is 0 Å². The van der Waals surface area contributed by atoms with E-state index in [0.29, 0.717) is 16.2 Å². The highest BCUT2D eigenvalue weighted by Gasteiger charge is 2.47. The molecule has 0 aromatic rings.